The molecule has 3 aromatic heterocycles. The van der Waals surface area contributed by atoms with E-state index < -0.39 is 11.2 Å². The van der Waals surface area contributed by atoms with Crippen LogP contribution >= 0.6 is 11.3 Å². The summed E-state index contributed by atoms with van der Waals surface area (Å²) in [4.78, 5) is 31.0. The Bertz CT molecular complexity index is 1580. The Morgan fingerprint density at radius 1 is 1.03 bits per heavy atom. The zero-order chi connectivity index (χ0) is 22.9. The maximum absolute atomic E-state index is 13.5. The maximum atomic E-state index is 13.5. The molecule has 5 aromatic rings. The van der Waals surface area contributed by atoms with Crippen LogP contribution in [0.1, 0.15) is 5.89 Å². The van der Waals surface area contributed by atoms with Crippen molar-refractivity contribution < 1.29 is 14.0 Å². The van der Waals surface area contributed by atoms with Crippen molar-refractivity contribution in [2.75, 3.05) is 14.2 Å². The molecule has 33 heavy (non-hydrogen) atoms. The topological polar surface area (TPSA) is 101 Å². The summed E-state index contributed by atoms with van der Waals surface area (Å²) in [7, 11) is 3.09. The molecule has 166 valence electrons. The number of methoxy groups -OCH3 is 2. The first kappa shape index (κ1) is 20.7. The smallest absolute Gasteiger partial charge is 0.336 e. The molecule has 3 heterocycles. The van der Waals surface area contributed by atoms with Crippen LogP contribution in [0.4, 0.5) is 0 Å². The van der Waals surface area contributed by atoms with Crippen LogP contribution in [-0.2, 0) is 6.54 Å². The quantitative estimate of drug-likeness (QED) is 0.381. The van der Waals surface area contributed by atoms with Crippen molar-refractivity contribution in [3.63, 3.8) is 0 Å². The first-order chi connectivity index (χ1) is 16.1. The third kappa shape index (κ3) is 3.60. The van der Waals surface area contributed by atoms with Gasteiger partial charge in [0.2, 0.25) is 11.7 Å². The van der Waals surface area contributed by atoms with Crippen LogP contribution in [0.2, 0.25) is 0 Å². The number of fused-ring (bicyclic) bond motifs is 1. The Labute approximate surface area is 191 Å². The number of ether oxygens (including phenoxy) is 2. The average Bonchev–Trinajstić information content (AvgIpc) is 3.52. The van der Waals surface area contributed by atoms with Gasteiger partial charge in [-0.1, -0.05) is 23.4 Å². The highest BCUT2D eigenvalue weighted by Crippen LogP contribution is 2.27. The van der Waals surface area contributed by atoms with Gasteiger partial charge in [0.25, 0.3) is 5.56 Å². The third-order valence-corrected chi connectivity index (χ3v) is 6.07. The molecule has 0 aliphatic carbocycles. The van der Waals surface area contributed by atoms with E-state index in [0.29, 0.717) is 38.8 Å². The zero-order valence-electron chi connectivity index (χ0n) is 17.7. The molecule has 0 aliphatic heterocycles. The van der Waals surface area contributed by atoms with Gasteiger partial charge >= 0.3 is 5.69 Å². The fourth-order valence-electron chi connectivity index (χ4n) is 3.61. The van der Waals surface area contributed by atoms with Crippen LogP contribution in [0.25, 0.3) is 27.3 Å². The average molecular weight is 462 g/mol. The molecule has 0 atom stereocenters. The molecule has 0 bridgehead atoms. The van der Waals surface area contributed by atoms with E-state index in [0.717, 1.165) is 4.57 Å². The van der Waals surface area contributed by atoms with Crippen LogP contribution in [0, 0.1) is 0 Å². The van der Waals surface area contributed by atoms with E-state index >= 15 is 0 Å². The summed E-state index contributed by atoms with van der Waals surface area (Å²) in [5.74, 6) is 1.71. The maximum Gasteiger partial charge on any atom is 0.336 e. The van der Waals surface area contributed by atoms with Crippen LogP contribution in [0.3, 0.4) is 0 Å². The summed E-state index contributed by atoms with van der Waals surface area (Å²) in [6.45, 7) is -0.00152. The Kier molecular flexibility index (Phi) is 5.27. The van der Waals surface area contributed by atoms with Gasteiger partial charge in [0.05, 0.1) is 31.0 Å². The van der Waals surface area contributed by atoms with E-state index in [-0.39, 0.29) is 12.4 Å². The normalized spacial score (nSPS) is 11.1. The van der Waals surface area contributed by atoms with Gasteiger partial charge in [-0.05, 0) is 35.7 Å². The predicted molar refractivity (Wildman–Crippen MR) is 124 cm³/mol. The van der Waals surface area contributed by atoms with E-state index in [4.69, 9.17) is 14.0 Å². The summed E-state index contributed by atoms with van der Waals surface area (Å²) in [5, 5.41) is 5.82. The van der Waals surface area contributed by atoms with Gasteiger partial charge in [0.15, 0.2) is 0 Å². The molecule has 0 saturated carbocycles. The molecule has 2 aromatic carbocycles. The lowest BCUT2D eigenvalue weighted by molar-refractivity contribution is 0.369. The molecular formula is C23H18N4O5S. The van der Waals surface area contributed by atoms with Gasteiger partial charge in [-0.2, -0.15) is 4.98 Å². The summed E-state index contributed by atoms with van der Waals surface area (Å²) in [6, 6.07) is 15.8. The highest BCUT2D eigenvalue weighted by Gasteiger charge is 2.19. The van der Waals surface area contributed by atoms with Crippen molar-refractivity contribution in [3.8, 4) is 28.6 Å². The molecule has 0 aliphatic rings. The number of rotatable bonds is 6. The minimum absolute atomic E-state index is 0.00152. The van der Waals surface area contributed by atoms with Gasteiger partial charge < -0.3 is 14.0 Å². The Morgan fingerprint density at radius 3 is 2.70 bits per heavy atom. The zero-order valence-corrected chi connectivity index (χ0v) is 18.5. The number of benzene rings is 2. The fraction of sp³-hybridized carbons (Fsp3) is 0.130. The van der Waals surface area contributed by atoms with Crippen LogP contribution in [0.15, 0.2) is 74.1 Å². The molecule has 9 nitrogen and oxygen atoms in total. The largest absolute Gasteiger partial charge is 0.497 e. The molecule has 0 spiro atoms. The van der Waals surface area contributed by atoms with Crippen molar-refractivity contribution in [2.45, 2.75) is 6.54 Å². The Hall–Kier alpha value is -4.18. The number of nitrogens with zero attached hydrogens (tertiary/aromatic N) is 4. The summed E-state index contributed by atoms with van der Waals surface area (Å²) in [6.07, 6.45) is 0. The monoisotopic (exact) mass is 462 g/mol. The Morgan fingerprint density at radius 2 is 1.88 bits per heavy atom. The van der Waals surface area contributed by atoms with Crippen molar-refractivity contribution >= 4 is 21.6 Å². The summed E-state index contributed by atoms with van der Waals surface area (Å²) >= 11 is 1.27. The standard InChI is InChI=1S/C23H18N4O5S/c1-30-15-7-5-6-14(12-15)27-22(28)20-17(10-11-33-20)26(23(27)29)13-19-24-21(25-32-19)16-8-3-4-9-18(16)31-2/h3-12H,13H2,1-2H3. The number of hydrogen-bond donors (Lipinski definition) is 0. The van der Waals surface area contributed by atoms with E-state index in [1.165, 1.54) is 23.0 Å². The van der Waals surface area contributed by atoms with Gasteiger partial charge in [-0.15, -0.1) is 11.3 Å². The molecule has 0 fully saturated rings. The minimum Gasteiger partial charge on any atom is -0.497 e. The predicted octanol–water partition coefficient (Wildman–Crippen LogP) is 3.33. The fourth-order valence-corrected chi connectivity index (χ4v) is 4.43. The molecule has 5 rings (SSSR count). The van der Waals surface area contributed by atoms with Crippen LogP contribution in [-0.4, -0.2) is 33.5 Å². The van der Waals surface area contributed by atoms with Crippen molar-refractivity contribution in [2.24, 2.45) is 0 Å². The number of aromatic nitrogens is 4. The first-order valence-electron chi connectivity index (χ1n) is 9.94. The lowest BCUT2D eigenvalue weighted by Gasteiger charge is -2.11. The molecule has 0 saturated heterocycles. The minimum atomic E-state index is -0.517. The van der Waals surface area contributed by atoms with E-state index in [9.17, 15) is 9.59 Å². The number of thiophene rings is 1. The summed E-state index contributed by atoms with van der Waals surface area (Å²) < 4.78 is 19.1. The number of hydrogen-bond acceptors (Lipinski definition) is 8. The lowest BCUT2D eigenvalue weighted by Crippen LogP contribution is -2.38. The molecule has 0 N–H and O–H groups in total. The number of para-hydroxylation sites is 1. The highest BCUT2D eigenvalue weighted by molar-refractivity contribution is 7.17. The molecular weight excluding hydrogens is 444 g/mol. The van der Waals surface area contributed by atoms with Crippen molar-refractivity contribution in [1.82, 2.24) is 19.3 Å². The second-order valence-electron chi connectivity index (χ2n) is 7.06. The van der Waals surface area contributed by atoms with Crippen molar-refractivity contribution in [1.29, 1.82) is 0 Å². The highest BCUT2D eigenvalue weighted by atomic mass is 32.1. The molecule has 0 amide bonds. The molecule has 0 radical (unpaired) electrons. The second kappa shape index (κ2) is 8.40. The van der Waals surface area contributed by atoms with Gasteiger partial charge in [0.1, 0.15) is 22.7 Å². The van der Waals surface area contributed by atoms with Crippen LogP contribution in [0.5, 0.6) is 11.5 Å². The first-order valence-corrected chi connectivity index (χ1v) is 10.8. The molecule has 0 unspecified atom stereocenters. The van der Waals surface area contributed by atoms with Gasteiger partial charge in [-0.3, -0.25) is 9.36 Å². The van der Waals surface area contributed by atoms with E-state index in [1.54, 1.807) is 48.9 Å². The van der Waals surface area contributed by atoms with E-state index in [1.807, 2.05) is 18.2 Å². The SMILES string of the molecule is COc1cccc(-n2c(=O)c3sccc3n(Cc3nc(-c4ccccc4OC)no3)c2=O)c1. The molecule has 10 heteroatoms. The summed E-state index contributed by atoms with van der Waals surface area (Å²) in [5.41, 5.74) is 0.676. The van der Waals surface area contributed by atoms with E-state index in [2.05, 4.69) is 10.1 Å². The Balaban J connectivity index is 1.63. The van der Waals surface area contributed by atoms with Gasteiger partial charge in [-0.25, -0.2) is 9.36 Å². The van der Waals surface area contributed by atoms with Gasteiger partial charge in [0, 0.05) is 6.07 Å². The third-order valence-electron chi connectivity index (χ3n) is 5.18. The van der Waals surface area contributed by atoms with Crippen molar-refractivity contribution in [3.05, 3.63) is 86.7 Å². The van der Waals surface area contributed by atoms with Crippen LogP contribution < -0.4 is 20.7 Å². The lowest BCUT2D eigenvalue weighted by atomic mass is 10.2. The second-order valence-corrected chi connectivity index (χ2v) is 7.97.